The van der Waals surface area contributed by atoms with E-state index in [1.807, 2.05) is 0 Å². The topological polar surface area (TPSA) is 74.3 Å². The number of urea groups is 1. The van der Waals surface area contributed by atoms with Gasteiger partial charge >= 0.3 is 6.03 Å². The van der Waals surface area contributed by atoms with Crippen LogP contribution in [-0.2, 0) is 0 Å². The molecule has 3 amide bonds. The van der Waals surface area contributed by atoms with Crippen molar-refractivity contribution < 1.29 is 9.59 Å². The van der Waals surface area contributed by atoms with Crippen LogP contribution in [-0.4, -0.2) is 30.0 Å². The van der Waals surface area contributed by atoms with Crippen molar-refractivity contribution in [2.24, 2.45) is 0 Å². The van der Waals surface area contributed by atoms with Crippen molar-refractivity contribution in [1.29, 1.82) is 0 Å². The van der Waals surface area contributed by atoms with Gasteiger partial charge in [-0.15, -0.1) is 0 Å². The summed E-state index contributed by atoms with van der Waals surface area (Å²) in [5.41, 5.74) is 2.01. The molecule has 0 radical (unpaired) electrons. The van der Waals surface area contributed by atoms with Crippen molar-refractivity contribution in [1.82, 2.24) is 10.3 Å². The molecule has 106 valence electrons. The van der Waals surface area contributed by atoms with E-state index < -0.39 is 0 Å². The second-order valence-electron chi connectivity index (χ2n) is 4.62. The van der Waals surface area contributed by atoms with Crippen LogP contribution in [0.3, 0.4) is 0 Å². The van der Waals surface area contributed by atoms with Crippen molar-refractivity contribution in [2.75, 3.05) is 23.3 Å². The summed E-state index contributed by atoms with van der Waals surface area (Å²) in [6.07, 6.45) is 3.23. The standard InChI is InChI=1S/C15H14N4O2/c20-14(18-12-5-7-16-8-6-12)11-1-3-13(4-2-11)19-10-9-17-15(19)21/h1-8H,9-10H2,(H,17,21)(H,16,18,20). The van der Waals surface area contributed by atoms with Crippen LogP contribution in [0.15, 0.2) is 48.8 Å². The highest BCUT2D eigenvalue weighted by Crippen LogP contribution is 2.18. The molecule has 1 fully saturated rings. The van der Waals surface area contributed by atoms with Crippen molar-refractivity contribution in [3.8, 4) is 0 Å². The predicted octanol–water partition coefficient (Wildman–Crippen LogP) is 1.86. The van der Waals surface area contributed by atoms with Crippen LogP contribution >= 0.6 is 0 Å². The minimum Gasteiger partial charge on any atom is -0.336 e. The number of hydrogen-bond acceptors (Lipinski definition) is 3. The molecule has 0 saturated carbocycles. The summed E-state index contributed by atoms with van der Waals surface area (Å²) < 4.78 is 0. The van der Waals surface area contributed by atoms with Crippen molar-refractivity contribution in [3.63, 3.8) is 0 Å². The largest absolute Gasteiger partial charge is 0.336 e. The number of aromatic nitrogens is 1. The fraction of sp³-hybridized carbons (Fsp3) is 0.133. The number of anilines is 2. The average molecular weight is 282 g/mol. The van der Waals surface area contributed by atoms with Gasteiger partial charge in [-0.05, 0) is 36.4 Å². The summed E-state index contributed by atoms with van der Waals surface area (Å²) in [5.74, 6) is -0.196. The third-order valence-corrected chi connectivity index (χ3v) is 3.24. The quantitative estimate of drug-likeness (QED) is 0.902. The number of pyridine rings is 1. The Hall–Kier alpha value is -2.89. The van der Waals surface area contributed by atoms with Crippen LogP contribution in [0.2, 0.25) is 0 Å². The SMILES string of the molecule is O=C(Nc1ccncc1)c1ccc(N2CCNC2=O)cc1. The van der Waals surface area contributed by atoms with E-state index in [0.717, 1.165) is 5.69 Å². The van der Waals surface area contributed by atoms with E-state index in [0.29, 0.717) is 24.3 Å². The van der Waals surface area contributed by atoms with E-state index in [1.54, 1.807) is 53.7 Å². The van der Waals surface area contributed by atoms with Crippen LogP contribution < -0.4 is 15.5 Å². The number of carbonyl (C=O) groups excluding carboxylic acids is 2. The van der Waals surface area contributed by atoms with Gasteiger partial charge in [0.2, 0.25) is 0 Å². The van der Waals surface area contributed by atoms with Crippen LogP contribution in [0.4, 0.5) is 16.2 Å². The fourth-order valence-electron chi connectivity index (χ4n) is 2.15. The summed E-state index contributed by atoms with van der Waals surface area (Å²) >= 11 is 0. The molecule has 6 heteroatoms. The molecule has 21 heavy (non-hydrogen) atoms. The molecule has 1 aliphatic rings. The molecule has 0 unspecified atom stereocenters. The molecule has 3 rings (SSSR count). The normalized spacial score (nSPS) is 13.9. The number of benzene rings is 1. The Morgan fingerprint density at radius 3 is 2.48 bits per heavy atom. The van der Waals surface area contributed by atoms with Gasteiger partial charge in [0.25, 0.3) is 5.91 Å². The molecule has 0 bridgehead atoms. The van der Waals surface area contributed by atoms with Crippen LogP contribution in [0.5, 0.6) is 0 Å². The maximum absolute atomic E-state index is 12.1. The van der Waals surface area contributed by atoms with E-state index in [9.17, 15) is 9.59 Å². The van der Waals surface area contributed by atoms with Gasteiger partial charge in [0.05, 0.1) is 0 Å². The van der Waals surface area contributed by atoms with Gasteiger partial charge in [0.15, 0.2) is 0 Å². The van der Waals surface area contributed by atoms with Gasteiger partial charge < -0.3 is 10.6 Å². The number of amides is 3. The minimum atomic E-state index is -0.196. The Morgan fingerprint density at radius 1 is 1.14 bits per heavy atom. The van der Waals surface area contributed by atoms with Gasteiger partial charge in [-0.25, -0.2) is 4.79 Å². The van der Waals surface area contributed by atoms with Crippen molar-refractivity contribution in [3.05, 3.63) is 54.4 Å². The molecule has 2 N–H and O–H groups in total. The lowest BCUT2D eigenvalue weighted by atomic mass is 10.2. The minimum absolute atomic E-state index is 0.107. The molecule has 1 aromatic heterocycles. The maximum atomic E-state index is 12.1. The van der Waals surface area contributed by atoms with E-state index in [1.165, 1.54) is 0 Å². The Morgan fingerprint density at radius 2 is 1.86 bits per heavy atom. The first kappa shape index (κ1) is 13.1. The van der Waals surface area contributed by atoms with Crippen LogP contribution in [0.25, 0.3) is 0 Å². The lowest BCUT2D eigenvalue weighted by molar-refractivity contribution is 0.102. The second kappa shape index (κ2) is 5.62. The van der Waals surface area contributed by atoms with E-state index >= 15 is 0 Å². The molecular formula is C15H14N4O2. The van der Waals surface area contributed by atoms with Crippen LogP contribution in [0.1, 0.15) is 10.4 Å². The zero-order valence-electron chi connectivity index (χ0n) is 11.2. The van der Waals surface area contributed by atoms with Crippen molar-refractivity contribution in [2.45, 2.75) is 0 Å². The lowest BCUT2D eigenvalue weighted by Gasteiger charge is -2.14. The van der Waals surface area contributed by atoms with E-state index in [4.69, 9.17) is 0 Å². The number of nitrogens with zero attached hydrogens (tertiary/aromatic N) is 2. The highest BCUT2D eigenvalue weighted by Gasteiger charge is 2.21. The van der Waals surface area contributed by atoms with Crippen LogP contribution in [0, 0.1) is 0 Å². The Kier molecular flexibility index (Phi) is 3.51. The monoisotopic (exact) mass is 282 g/mol. The van der Waals surface area contributed by atoms with Crippen molar-refractivity contribution >= 4 is 23.3 Å². The molecule has 0 spiro atoms. The molecule has 0 atom stereocenters. The number of hydrogen-bond donors (Lipinski definition) is 2. The average Bonchev–Trinajstić information content (AvgIpc) is 2.94. The first-order valence-corrected chi connectivity index (χ1v) is 6.61. The number of rotatable bonds is 3. The molecule has 1 saturated heterocycles. The van der Waals surface area contributed by atoms with Gasteiger partial charge in [-0.2, -0.15) is 0 Å². The van der Waals surface area contributed by atoms with Gasteiger partial charge in [-0.3, -0.25) is 14.7 Å². The van der Waals surface area contributed by atoms with Gasteiger partial charge in [0, 0.05) is 42.4 Å². The first-order chi connectivity index (χ1) is 10.2. The maximum Gasteiger partial charge on any atom is 0.321 e. The predicted molar refractivity (Wildman–Crippen MR) is 79.4 cm³/mol. The smallest absolute Gasteiger partial charge is 0.321 e. The molecular weight excluding hydrogens is 268 g/mol. The third-order valence-electron chi connectivity index (χ3n) is 3.24. The fourth-order valence-corrected chi connectivity index (χ4v) is 2.15. The number of carbonyl (C=O) groups is 2. The molecule has 1 aliphatic heterocycles. The molecule has 2 aromatic rings. The summed E-state index contributed by atoms with van der Waals surface area (Å²) in [6.45, 7) is 1.28. The molecule has 1 aromatic carbocycles. The zero-order chi connectivity index (χ0) is 14.7. The Balaban J connectivity index is 1.72. The summed E-state index contributed by atoms with van der Waals surface area (Å²) in [4.78, 5) is 29.2. The second-order valence-corrected chi connectivity index (χ2v) is 4.62. The summed E-state index contributed by atoms with van der Waals surface area (Å²) in [6, 6.07) is 10.3. The molecule has 0 aliphatic carbocycles. The first-order valence-electron chi connectivity index (χ1n) is 6.61. The van der Waals surface area contributed by atoms with E-state index in [-0.39, 0.29) is 11.9 Å². The van der Waals surface area contributed by atoms with Gasteiger partial charge in [-0.1, -0.05) is 0 Å². The van der Waals surface area contributed by atoms with Gasteiger partial charge in [0.1, 0.15) is 0 Å². The molecule has 2 heterocycles. The van der Waals surface area contributed by atoms with E-state index in [2.05, 4.69) is 15.6 Å². The summed E-state index contributed by atoms with van der Waals surface area (Å²) in [5, 5.41) is 5.52. The highest BCUT2D eigenvalue weighted by molar-refractivity contribution is 6.04. The highest BCUT2D eigenvalue weighted by atomic mass is 16.2. The Bertz CT molecular complexity index is 655. The Labute approximate surface area is 121 Å². The molecule has 6 nitrogen and oxygen atoms in total. The summed E-state index contributed by atoms with van der Waals surface area (Å²) in [7, 11) is 0. The zero-order valence-corrected chi connectivity index (χ0v) is 11.2. The lowest BCUT2D eigenvalue weighted by Crippen LogP contribution is -2.27. The third kappa shape index (κ3) is 2.84. The number of nitrogens with one attached hydrogen (secondary N) is 2.